The Kier molecular flexibility index (Phi) is 7.28. The van der Waals surface area contributed by atoms with Gasteiger partial charge in [-0.2, -0.15) is 24.9 Å². The molecule has 7 heteroatoms. The van der Waals surface area contributed by atoms with E-state index in [1.165, 1.54) is 18.9 Å². The third-order valence-corrected chi connectivity index (χ3v) is 5.81. The lowest BCUT2D eigenvalue weighted by molar-refractivity contribution is -0.137. The molecular formula is C17H24ClF3N2S. The number of thioether (sulfide) groups is 1. The predicted octanol–water partition coefficient (Wildman–Crippen LogP) is 4.22. The van der Waals surface area contributed by atoms with Crippen LogP contribution in [0.15, 0.2) is 24.3 Å². The number of alkyl halides is 3. The number of benzene rings is 1. The third-order valence-electron chi connectivity index (χ3n) is 4.79. The van der Waals surface area contributed by atoms with Gasteiger partial charge in [-0.3, -0.25) is 4.90 Å². The van der Waals surface area contributed by atoms with Crippen molar-refractivity contribution in [3.05, 3.63) is 35.4 Å². The molecule has 2 heterocycles. The first kappa shape index (κ1) is 19.9. The van der Waals surface area contributed by atoms with Gasteiger partial charge in [0.05, 0.1) is 5.56 Å². The molecule has 0 amide bonds. The molecule has 2 fully saturated rings. The molecule has 0 saturated carbocycles. The molecule has 2 saturated heterocycles. The van der Waals surface area contributed by atoms with Crippen LogP contribution in [0.3, 0.4) is 0 Å². The maximum atomic E-state index is 13.0. The van der Waals surface area contributed by atoms with E-state index >= 15 is 0 Å². The van der Waals surface area contributed by atoms with E-state index in [-0.39, 0.29) is 18.4 Å². The normalized spacial score (nSPS) is 23.7. The minimum atomic E-state index is -4.27. The molecule has 3 rings (SSSR count). The Bertz CT molecular complexity index is 521. The molecule has 1 N–H and O–H groups in total. The van der Waals surface area contributed by atoms with Gasteiger partial charge in [-0.25, -0.2) is 0 Å². The van der Waals surface area contributed by atoms with Crippen LogP contribution in [-0.4, -0.2) is 42.6 Å². The smallest absolute Gasteiger partial charge is 0.317 e. The molecule has 0 radical (unpaired) electrons. The lowest BCUT2D eigenvalue weighted by Crippen LogP contribution is -2.42. The Morgan fingerprint density at radius 3 is 2.67 bits per heavy atom. The van der Waals surface area contributed by atoms with Gasteiger partial charge in [-0.15, -0.1) is 12.4 Å². The summed E-state index contributed by atoms with van der Waals surface area (Å²) in [5, 5.41) is 3.37. The molecule has 1 atom stereocenters. The Hall–Kier alpha value is -0.430. The van der Waals surface area contributed by atoms with Crippen molar-refractivity contribution in [3.63, 3.8) is 0 Å². The molecule has 0 aromatic heterocycles. The maximum Gasteiger partial charge on any atom is 0.416 e. The monoisotopic (exact) mass is 380 g/mol. The topological polar surface area (TPSA) is 15.3 Å². The minimum Gasteiger partial charge on any atom is -0.317 e. The molecule has 0 bridgehead atoms. The summed E-state index contributed by atoms with van der Waals surface area (Å²) in [5.74, 6) is 2.61. The fourth-order valence-corrected chi connectivity index (χ4v) is 4.64. The minimum absolute atomic E-state index is 0. The van der Waals surface area contributed by atoms with E-state index in [1.807, 2.05) is 17.8 Å². The van der Waals surface area contributed by atoms with E-state index in [4.69, 9.17) is 0 Å². The zero-order chi connectivity index (χ0) is 16.3. The number of nitrogens with zero attached hydrogens (tertiary/aromatic N) is 1. The summed E-state index contributed by atoms with van der Waals surface area (Å²) >= 11 is 1.84. The van der Waals surface area contributed by atoms with Crippen LogP contribution in [0.5, 0.6) is 0 Å². The third kappa shape index (κ3) is 5.04. The largest absolute Gasteiger partial charge is 0.416 e. The van der Waals surface area contributed by atoms with Crippen LogP contribution in [0, 0.1) is 5.92 Å². The van der Waals surface area contributed by atoms with Crippen LogP contribution in [0.25, 0.3) is 0 Å². The summed E-state index contributed by atoms with van der Waals surface area (Å²) in [6.45, 7) is 4.08. The van der Waals surface area contributed by atoms with Crippen molar-refractivity contribution in [2.45, 2.75) is 25.1 Å². The highest BCUT2D eigenvalue weighted by molar-refractivity contribution is 7.99. The number of rotatable bonds is 3. The molecule has 2 aliphatic heterocycles. The standard InChI is InChI=1S/C17H23F3N2S.ClH/c18-17(19,20)15-3-1-2-14(10-15)16-12-23-9-8-22(16)11-13-4-6-21-7-5-13;/h1-3,10,13,16,21H,4-9,11-12H2;1H. The molecule has 0 aliphatic carbocycles. The fourth-order valence-electron chi connectivity index (χ4n) is 3.48. The summed E-state index contributed by atoms with van der Waals surface area (Å²) in [6.07, 6.45) is -1.93. The zero-order valence-electron chi connectivity index (χ0n) is 13.5. The van der Waals surface area contributed by atoms with Crippen LogP contribution >= 0.6 is 24.2 Å². The van der Waals surface area contributed by atoms with E-state index in [2.05, 4.69) is 10.2 Å². The van der Waals surface area contributed by atoms with Gasteiger partial charge in [0.1, 0.15) is 0 Å². The van der Waals surface area contributed by atoms with Gasteiger partial charge in [0.15, 0.2) is 0 Å². The Balaban J connectivity index is 0.00000208. The summed E-state index contributed by atoms with van der Waals surface area (Å²) in [6, 6.07) is 6.00. The average molecular weight is 381 g/mol. The van der Waals surface area contributed by atoms with E-state index < -0.39 is 11.7 Å². The molecule has 1 aromatic carbocycles. The van der Waals surface area contributed by atoms with Crippen molar-refractivity contribution in [1.29, 1.82) is 0 Å². The summed E-state index contributed by atoms with van der Waals surface area (Å²) < 4.78 is 38.9. The highest BCUT2D eigenvalue weighted by atomic mass is 35.5. The van der Waals surface area contributed by atoms with Crippen molar-refractivity contribution in [2.75, 3.05) is 37.7 Å². The van der Waals surface area contributed by atoms with Crippen molar-refractivity contribution < 1.29 is 13.2 Å². The predicted molar refractivity (Wildman–Crippen MR) is 95.9 cm³/mol. The highest BCUT2D eigenvalue weighted by Gasteiger charge is 2.32. The van der Waals surface area contributed by atoms with Crippen molar-refractivity contribution in [2.24, 2.45) is 5.92 Å². The van der Waals surface area contributed by atoms with E-state index in [0.29, 0.717) is 5.92 Å². The summed E-state index contributed by atoms with van der Waals surface area (Å²) in [5.41, 5.74) is 0.272. The van der Waals surface area contributed by atoms with Crippen LogP contribution in [-0.2, 0) is 6.18 Å². The van der Waals surface area contributed by atoms with Crippen LogP contribution in [0.2, 0.25) is 0 Å². The molecule has 24 heavy (non-hydrogen) atoms. The zero-order valence-corrected chi connectivity index (χ0v) is 15.2. The molecule has 0 spiro atoms. The molecule has 2 nitrogen and oxygen atoms in total. The number of nitrogens with one attached hydrogen (secondary N) is 1. The van der Waals surface area contributed by atoms with Crippen molar-refractivity contribution in [3.8, 4) is 0 Å². The van der Waals surface area contributed by atoms with E-state index in [9.17, 15) is 13.2 Å². The lowest BCUT2D eigenvalue weighted by Gasteiger charge is -2.39. The fraction of sp³-hybridized carbons (Fsp3) is 0.647. The average Bonchev–Trinajstić information content (AvgIpc) is 2.56. The lowest BCUT2D eigenvalue weighted by atomic mass is 9.95. The first-order valence-electron chi connectivity index (χ1n) is 8.24. The SMILES string of the molecule is Cl.FC(F)(F)c1cccc(C2CSCCN2CC2CCNCC2)c1. The van der Waals surface area contributed by atoms with E-state index in [0.717, 1.165) is 49.3 Å². The Labute approximate surface area is 152 Å². The first-order valence-corrected chi connectivity index (χ1v) is 9.39. The molecular weight excluding hydrogens is 357 g/mol. The Morgan fingerprint density at radius 1 is 1.21 bits per heavy atom. The molecule has 1 aromatic rings. The van der Waals surface area contributed by atoms with Crippen LogP contribution in [0.1, 0.15) is 30.0 Å². The quantitative estimate of drug-likeness (QED) is 0.845. The summed E-state index contributed by atoms with van der Waals surface area (Å²) in [4.78, 5) is 2.40. The van der Waals surface area contributed by atoms with Gasteiger partial charge in [-0.1, -0.05) is 12.1 Å². The van der Waals surface area contributed by atoms with Crippen molar-refractivity contribution in [1.82, 2.24) is 10.2 Å². The van der Waals surface area contributed by atoms with Crippen LogP contribution < -0.4 is 5.32 Å². The Morgan fingerprint density at radius 2 is 1.96 bits per heavy atom. The number of halogens is 4. The van der Waals surface area contributed by atoms with Gasteiger partial charge in [-0.05, 0) is 49.5 Å². The molecule has 2 aliphatic rings. The van der Waals surface area contributed by atoms with Crippen LogP contribution in [0.4, 0.5) is 13.2 Å². The van der Waals surface area contributed by atoms with E-state index in [1.54, 1.807) is 6.07 Å². The maximum absolute atomic E-state index is 13.0. The van der Waals surface area contributed by atoms with Crippen molar-refractivity contribution >= 4 is 24.2 Å². The molecule has 1 unspecified atom stereocenters. The first-order chi connectivity index (χ1) is 11.0. The molecule has 136 valence electrons. The second-order valence-electron chi connectivity index (χ2n) is 6.40. The van der Waals surface area contributed by atoms with Gasteiger partial charge in [0.25, 0.3) is 0 Å². The highest BCUT2D eigenvalue weighted by Crippen LogP contribution is 2.35. The van der Waals surface area contributed by atoms with Gasteiger partial charge >= 0.3 is 6.18 Å². The number of hydrogen-bond donors (Lipinski definition) is 1. The van der Waals surface area contributed by atoms with Gasteiger partial charge < -0.3 is 5.32 Å². The second kappa shape index (κ2) is 8.79. The van der Waals surface area contributed by atoms with Gasteiger partial charge in [0.2, 0.25) is 0 Å². The second-order valence-corrected chi connectivity index (χ2v) is 7.55. The van der Waals surface area contributed by atoms with Gasteiger partial charge in [0, 0.05) is 30.6 Å². The number of hydrogen-bond acceptors (Lipinski definition) is 3. The summed E-state index contributed by atoms with van der Waals surface area (Å²) in [7, 11) is 0. The number of piperidine rings is 1.